The second-order valence-corrected chi connectivity index (χ2v) is 5.93. The quantitative estimate of drug-likeness (QED) is 0.731. The first-order valence-electron chi connectivity index (χ1n) is 7.57. The number of halogens is 3. The summed E-state index contributed by atoms with van der Waals surface area (Å²) in [4.78, 5) is 12.9. The smallest absolute Gasteiger partial charge is 0.348 e. The largest absolute Gasteiger partial charge is 0.406 e. The Kier molecular flexibility index (Phi) is 5.50. The molecule has 7 heteroatoms. The van der Waals surface area contributed by atoms with Gasteiger partial charge in [0.15, 0.2) is 5.79 Å². The van der Waals surface area contributed by atoms with Crippen LogP contribution >= 0.6 is 0 Å². The topological polar surface area (TPSA) is 38.8 Å². The van der Waals surface area contributed by atoms with Crippen LogP contribution in [-0.4, -0.2) is 49.1 Å². The van der Waals surface area contributed by atoms with Crippen LogP contribution in [-0.2, 0) is 14.3 Å². The van der Waals surface area contributed by atoms with Crippen LogP contribution in [0.5, 0.6) is 0 Å². The minimum Gasteiger partial charge on any atom is -0.348 e. The van der Waals surface area contributed by atoms with Crippen LogP contribution in [0.1, 0.15) is 32.1 Å². The highest BCUT2D eigenvalue weighted by atomic mass is 19.4. The summed E-state index contributed by atoms with van der Waals surface area (Å²) in [6, 6.07) is 0. The lowest BCUT2D eigenvalue weighted by molar-refractivity contribution is -0.184. The van der Waals surface area contributed by atoms with Crippen molar-refractivity contribution in [3.05, 3.63) is 12.7 Å². The lowest BCUT2D eigenvalue weighted by Gasteiger charge is -2.35. The molecule has 1 aliphatic carbocycles. The number of alkyl halides is 3. The van der Waals surface area contributed by atoms with Gasteiger partial charge in [0, 0.05) is 25.8 Å². The van der Waals surface area contributed by atoms with E-state index in [9.17, 15) is 18.0 Å². The van der Waals surface area contributed by atoms with Crippen molar-refractivity contribution in [1.82, 2.24) is 4.90 Å². The highest BCUT2D eigenvalue weighted by molar-refractivity contribution is 5.76. The SMILES string of the molecule is C=CCN(CC(F)(F)F)C(=O)CC1CCC2(CC1)OCCO2. The van der Waals surface area contributed by atoms with E-state index in [1.807, 2.05) is 0 Å². The van der Waals surface area contributed by atoms with Crippen LogP contribution in [0.15, 0.2) is 12.7 Å². The Balaban J connectivity index is 1.83. The van der Waals surface area contributed by atoms with Gasteiger partial charge in [0.25, 0.3) is 0 Å². The normalized spacial score (nSPS) is 22.0. The fraction of sp³-hybridized carbons (Fsp3) is 0.800. The molecule has 126 valence electrons. The van der Waals surface area contributed by atoms with E-state index in [1.54, 1.807) is 0 Å². The minimum atomic E-state index is -4.39. The Morgan fingerprint density at radius 3 is 2.36 bits per heavy atom. The molecule has 22 heavy (non-hydrogen) atoms. The van der Waals surface area contributed by atoms with Gasteiger partial charge in [-0.1, -0.05) is 6.08 Å². The summed E-state index contributed by atoms with van der Waals surface area (Å²) in [5.74, 6) is -0.885. The van der Waals surface area contributed by atoms with E-state index >= 15 is 0 Å². The van der Waals surface area contributed by atoms with E-state index in [-0.39, 0.29) is 18.9 Å². The highest BCUT2D eigenvalue weighted by Gasteiger charge is 2.41. The van der Waals surface area contributed by atoms with Crippen LogP contribution in [0.4, 0.5) is 13.2 Å². The maximum Gasteiger partial charge on any atom is 0.406 e. The second kappa shape index (κ2) is 7.00. The molecule has 1 aliphatic heterocycles. The minimum absolute atomic E-state index is 0.0821. The van der Waals surface area contributed by atoms with Crippen molar-refractivity contribution < 1.29 is 27.4 Å². The summed E-state index contributed by atoms with van der Waals surface area (Å²) in [5.41, 5.74) is 0. The molecule has 2 rings (SSSR count). The Bertz CT molecular complexity index is 395. The average Bonchev–Trinajstić information content (AvgIpc) is 2.88. The number of nitrogens with zero attached hydrogens (tertiary/aromatic N) is 1. The Morgan fingerprint density at radius 1 is 1.27 bits per heavy atom. The average molecular weight is 321 g/mol. The summed E-state index contributed by atoms with van der Waals surface area (Å²) in [6.07, 6.45) is -0.0583. The standard InChI is InChI=1S/C15H22F3NO3/c1-2-7-19(11-15(16,17)18)13(20)10-12-3-5-14(6-4-12)21-8-9-22-14/h2,12H,1,3-11H2. The molecule has 1 saturated carbocycles. The van der Waals surface area contributed by atoms with Crippen LogP contribution in [0.25, 0.3) is 0 Å². The lowest BCUT2D eigenvalue weighted by Crippen LogP contribution is -2.41. The molecule has 4 nitrogen and oxygen atoms in total. The van der Waals surface area contributed by atoms with Gasteiger partial charge in [-0.15, -0.1) is 6.58 Å². The molecule has 0 N–H and O–H groups in total. The fourth-order valence-corrected chi connectivity index (χ4v) is 3.11. The van der Waals surface area contributed by atoms with E-state index in [1.165, 1.54) is 6.08 Å². The molecule has 1 amide bonds. The summed E-state index contributed by atoms with van der Waals surface area (Å²) in [6.45, 7) is 3.28. The molecule has 1 heterocycles. The zero-order valence-electron chi connectivity index (χ0n) is 12.5. The van der Waals surface area contributed by atoms with Gasteiger partial charge in [-0.3, -0.25) is 4.79 Å². The molecule has 2 fully saturated rings. The van der Waals surface area contributed by atoms with Gasteiger partial charge in [0.1, 0.15) is 6.54 Å². The number of hydrogen-bond acceptors (Lipinski definition) is 3. The van der Waals surface area contributed by atoms with E-state index < -0.39 is 24.4 Å². The summed E-state index contributed by atoms with van der Waals surface area (Å²) < 4.78 is 48.7. The molecule has 0 aromatic rings. The number of ether oxygens (including phenoxy) is 2. The Morgan fingerprint density at radius 2 is 1.86 bits per heavy atom. The maximum atomic E-state index is 12.5. The zero-order valence-corrected chi connectivity index (χ0v) is 12.5. The van der Waals surface area contributed by atoms with E-state index in [0.717, 1.165) is 17.7 Å². The molecule has 0 bridgehead atoms. The van der Waals surface area contributed by atoms with Crippen molar-refractivity contribution in [1.29, 1.82) is 0 Å². The molecule has 0 unspecified atom stereocenters. The molecule has 0 atom stereocenters. The molecule has 0 aromatic carbocycles. The van der Waals surface area contributed by atoms with Gasteiger partial charge in [-0.05, 0) is 18.8 Å². The summed E-state index contributed by atoms with van der Waals surface area (Å²) in [7, 11) is 0. The molecule has 0 aromatic heterocycles. The molecule has 1 spiro atoms. The summed E-state index contributed by atoms with van der Waals surface area (Å²) in [5, 5.41) is 0. The van der Waals surface area contributed by atoms with Gasteiger partial charge in [0.2, 0.25) is 5.91 Å². The van der Waals surface area contributed by atoms with Crippen molar-refractivity contribution in [2.45, 2.75) is 44.1 Å². The number of carbonyl (C=O) groups is 1. The molecular weight excluding hydrogens is 299 g/mol. The van der Waals surface area contributed by atoms with Crippen LogP contribution in [0.2, 0.25) is 0 Å². The van der Waals surface area contributed by atoms with Crippen molar-refractivity contribution in [2.24, 2.45) is 5.92 Å². The number of amides is 1. The monoisotopic (exact) mass is 321 g/mol. The van der Waals surface area contributed by atoms with Gasteiger partial charge in [-0.25, -0.2) is 0 Å². The van der Waals surface area contributed by atoms with Gasteiger partial charge < -0.3 is 14.4 Å². The third kappa shape index (κ3) is 4.71. The van der Waals surface area contributed by atoms with Crippen molar-refractivity contribution in [3.8, 4) is 0 Å². The number of carbonyl (C=O) groups excluding carboxylic acids is 1. The number of hydrogen-bond donors (Lipinski definition) is 0. The predicted molar refractivity (Wildman–Crippen MR) is 74.0 cm³/mol. The van der Waals surface area contributed by atoms with Gasteiger partial charge in [-0.2, -0.15) is 13.2 Å². The fourth-order valence-electron chi connectivity index (χ4n) is 3.11. The van der Waals surface area contributed by atoms with Crippen LogP contribution in [0, 0.1) is 5.92 Å². The maximum absolute atomic E-state index is 12.5. The van der Waals surface area contributed by atoms with Crippen molar-refractivity contribution in [3.63, 3.8) is 0 Å². The van der Waals surface area contributed by atoms with Crippen LogP contribution < -0.4 is 0 Å². The predicted octanol–water partition coefficient (Wildman–Crippen LogP) is 2.89. The van der Waals surface area contributed by atoms with E-state index in [4.69, 9.17) is 9.47 Å². The first kappa shape index (κ1) is 17.3. The van der Waals surface area contributed by atoms with Crippen molar-refractivity contribution >= 4 is 5.91 Å². The highest BCUT2D eigenvalue weighted by Crippen LogP contribution is 2.39. The third-order valence-corrected chi connectivity index (χ3v) is 4.22. The molecule has 2 aliphatic rings. The number of rotatable bonds is 5. The second-order valence-electron chi connectivity index (χ2n) is 5.93. The molecule has 0 radical (unpaired) electrons. The van der Waals surface area contributed by atoms with E-state index in [0.29, 0.717) is 26.1 Å². The Hall–Kier alpha value is -1.08. The van der Waals surface area contributed by atoms with Gasteiger partial charge in [0.05, 0.1) is 13.2 Å². The lowest BCUT2D eigenvalue weighted by atomic mass is 9.83. The molecule has 1 saturated heterocycles. The Labute approximate surface area is 128 Å². The van der Waals surface area contributed by atoms with E-state index in [2.05, 4.69) is 6.58 Å². The van der Waals surface area contributed by atoms with Crippen molar-refractivity contribution in [2.75, 3.05) is 26.3 Å². The first-order valence-corrected chi connectivity index (χ1v) is 7.57. The zero-order chi connectivity index (χ0) is 16.2. The summed E-state index contributed by atoms with van der Waals surface area (Å²) >= 11 is 0. The first-order chi connectivity index (χ1) is 10.3. The van der Waals surface area contributed by atoms with Crippen LogP contribution in [0.3, 0.4) is 0 Å². The third-order valence-electron chi connectivity index (χ3n) is 4.22. The molecular formula is C15H22F3NO3. The van der Waals surface area contributed by atoms with Gasteiger partial charge >= 0.3 is 6.18 Å².